The van der Waals surface area contributed by atoms with Gasteiger partial charge in [0, 0.05) is 32.7 Å². The van der Waals surface area contributed by atoms with Gasteiger partial charge in [-0.25, -0.2) is 8.42 Å². The summed E-state index contributed by atoms with van der Waals surface area (Å²) in [5, 5.41) is 3.34. The van der Waals surface area contributed by atoms with Gasteiger partial charge in [-0.05, 0) is 18.1 Å². The van der Waals surface area contributed by atoms with Gasteiger partial charge in [0.05, 0.1) is 17.6 Å². The monoisotopic (exact) mass is 339 g/mol. The molecule has 1 aromatic carbocycles. The smallest absolute Gasteiger partial charge is 0.232 e. The zero-order valence-electron chi connectivity index (χ0n) is 14.5. The Morgan fingerprint density at radius 2 is 1.78 bits per heavy atom. The maximum absolute atomic E-state index is 12.4. The minimum absolute atomic E-state index is 0.376. The molecule has 0 aliphatic carbocycles. The van der Waals surface area contributed by atoms with Crippen LogP contribution in [-0.2, 0) is 10.0 Å². The zero-order chi connectivity index (χ0) is 16.9. The van der Waals surface area contributed by atoms with Crippen molar-refractivity contribution in [1.29, 1.82) is 0 Å². The van der Waals surface area contributed by atoms with Crippen molar-refractivity contribution in [1.82, 2.24) is 5.32 Å². The number of nitrogens with zero attached hydrogens (tertiary/aromatic N) is 2. The average Bonchev–Trinajstić information content (AvgIpc) is 2.56. The molecule has 23 heavy (non-hydrogen) atoms. The second kappa shape index (κ2) is 8.02. The molecule has 0 unspecified atom stereocenters. The molecule has 0 spiro atoms. The van der Waals surface area contributed by atoms with Crippen molar-refractivity contribution in [2.45, 2.75) is 26.7 Å². The summed E-state index contributed by atoms with van der Waals surface area (Å²) in [7, 11) is -3.30. The minimum Gasteiger partial charge on any atom is -0.367 e. The van der Waals surface area contributed by atoms with Crippen LogP contribution in [-0.4, -0.2) is 47.4 Å². The van der Waals surface area contributed by atoms with E-state index in [1.54, 1.807) is 4.31 Å². The van der Waals surface area contributed by atoms with E-state index in [9.17, 15) is 8.42 Å². The lowest BCUT2D eigenvalue weighted by atomic mass is 10.0. The first-order valence-electron chi connectivity index (χ1n) is 8.49. The molecular weight excluding hydrogens is 310 g/mol. The molecule has 0 aromatic heterocycles. The molecule has 0 bridgehead atoms. The third-order valence-electron chi connectivity index (χ3n) is 4.59. The van der Waals surface area contributed by atoms with Crippen LogP contribution in [0.4, 0.5) is 11.4 Å². The highest BCUT2D eigenvalue weighted by Gasteiger charge is 2.25. The third kappa shape index (κ3) is 4.61. The Hall–Kier alpha value is -1.27. The topological polar surface area (TPSA) is 52.6 Å². The van der Waals surface area contributed by atoms with Gasteiger partial charge in [0.15, 0.2) is 0 Å². The average molecular weight is 340 g/mol. The Kier molecular flexibility index (Phi) is 6.30. The molecule has 1 saturated heterocycles. The van der Waals surface area contributed by atoms with E-state index in [0.717, 1.165) is 50.4 Å². The first-order chi connectivity index (χ1) is 11.0. The predicted molar refractivity (Wildman–Crippen MR) is 97.8 cm³/mol. The Bertz CT molecular complexity index is 594. The molecule has 1 heterocycles. The van der Waals surface area contributed by atoms with E-state index < -0.39 is 10.0 Å². The van der Waals surface area contributed by atoms with Crippen LogP contribution in [0.1, 0.15) is 26.7 Å². The van der Waals surface area contributed by atoms with E-state index in [4.69, 9.17) is 0 Å². The fourth-order valence-corrected chi connectivity index (χ4v) is 4.04. The summed E-state index contributed by atoms with van der Waals surface area (Å²) in [5.41, 5.74) is 1.83. The van der Waals surface area contributed by atoms with Gasteiger partial charge in [0.1, 0.15) is 0 Å². The molecule has 1 fully saturated rings. The standard InChI is InChI=1S/C17H29N3O2S/c1-4-15(5-2)14-20(23(3,21)22)17-9-7-6-8-16(17)19-12-10-18-11-13-19/h6-9,15,18H,4-5,10-14H2,1-3H3. The number of benzene rings is 1. The summed E-state index contributed by atoms with van der Waals surface area (Å²) in [6.45, 7) is 8.46. The highest BCUT2D eigenvalue weighted by molar-refractivity contribution is 7.92. The van der Waals surface area contributed by atoms with Crippen molar-refractivity contribution in [2.24, 2.45) is 5.92 Å². The number of hydrogen-bond donors (Lipinski definition) is 1. The van der Waals surface area contributed by atoms with Gasteiger partial charge in [0.25, 0.3) is 0 Å². The molecule has 6 heteroatoms. The number of sulfonamides is 1. The Morgan fingerprint density at radius 3 is 2.35 bits per heavy atom. The van der Waals surface area contributed by atoms with Gasteiger partial charge in [-0.2, -0.15) is 0 Å². The third-order valence-corrected chi connectivity index (χ3v) is 5.73. The second-order valence-corrected chi connectivity index (χ2v) is 8.11. The molecule has 0 atom stereocenters. The summed E-state index contributed by atoms with van der Waals surface area (Å²) in [5.74, 6) is 0.376. The Balaban J connectivity index is 2.38. The summed E-state index contributed by atoms with van der Waals surface area (Å²) >= 11 is 0. The van der Waals surface area contributed by atoms with Gasteiger partial charge in [-0.15, -0.1) is 0 Å². The van der Waals surface area contributed by atoms with E-state index in [2.05, 4.69) is 24.1 Å². The molecule has 5 nitrogen and oxygen atoms in total. The van der Waals surface area contributed by atoms with Crippen molar-refractivity contribution in [2.75, 3.05) is 48.2 Å². The van der Waals surface area contributed by atoms with Crippen LogP contribution in [0, 0.1) is 5.92 Å². The molecule has 1 aliphatic rings. The SMILES string of the molecule is CCC(CC)CN(c1ccccc1N1CCNCC1)S(C)(=O)=O. The first kappa shape index (κ1) is 18.1. The number of piperazine rings is 1. The highest BCUT2D eigenvalue weighted by atomic mass is 32.2. The van der Waals surface area contributed by atoms with Crippen LogP contribution < -0.4 is 14.5 Å². The zero-order valence-corrected chi connectivity index (χ0v) is 15.3. The van der Waals surface area contributed by atoms with Gasteiger partial charge >= 0.3 is 0 Å². The van der Waals surface area contributed by atoms with Crippen LogP contribution in [0.2, 0.25) is 0 Å². The summed E-state index contributed by atoms with van der Waals surface area (Å²) in [6, 6.07) is 7.87. The van der Waals surface area contributed by atoms with E-state index in [1.807, 2.05) is 24.3 Å². The van der Waals surface area contributed by atoms with E-state index in [-0.39, 0.29) is 0 Å². The van der Waals surface area contributed by atoms with Crippen LogP contribution in [0.5, 0.6) is 0 Å². The summed E-state index contributed by atoms with van der Waals surface area (Å²) in [6.07, 6.45) is 3.28. The first-order valence-corrected chi connectivity index (χ1v) is 10.3. The van der Waals surface area contributed by atoms with Gasteiger partial charge in [-0.3, -0.25) is 4.31 Å². The fraction of sp³-hybridized carbons (Fsp3) is 0.647. The quantitative estimate of drug-likeness (QED) is 0.828. The number of nitrogens with one attached hydrogen (secondary N) is 1. The lowest BCUT2D eigenvalue weighted by molar-refractivity contribution is 0.499. The molecule has 0 amide bonds. The molecule has 1 N–H and O–H groups in total. The van der Waals surface area contributed by atoms with Crippen LogP contribution >= 0.6 is 0 Å². The molecule has 1 aromatic rings. The molecular formula is C17H29N3O2S. The van der Waals surface area contributed by atoms with Crippen LogP contribution in [0.3, 0.4) is 0 Å². The van der Waals surface area contributed by atoms with Gasteiger partial charge in [-0.1, -0.05) is 38.8 Å². The maximum atomic E-state index is 12.4. The fourth-order valence-electron chi connectivity index (χ4n) is 3.04. The number of para-hydroxylation sites is 2. The predicted octanol–water partition coefficient (Wildman–Crippen LogP) is 2.30. The second-order valence-electron chi connectivity index (χ2n) is 6.20. The maximum Gasteiger partial charge on any atom is 0.232 e. The molecule has 130 valence electrons. The normalized spacial score (nSPS) is 15.9. The van der Waals surface area contributed by atoms with Crippen molar-refractivity contribution >= 4 is 21.4 Å². The Morgan fingerprint density at radius 1 is 1.17 bits per heavy atom. The van der Waals surface area contributed by atoms with E-state index in [1.165, 1.54) is 6.26 Å². The molecule has 2 rings (SSSR count). The van der Waals surface area contributed by atoms with E-state index in [0.29, 0.717) is 12.5 Å². The summed E-state index contributed by atoms with van der Waals surface area (Å²) < 4.78 is 26.5. The van der Waals surface area contributed by atoms with Crippen molar-refractivity contribution in [3.05, 3.63) is 24.3 Å². The highest BCUT2D eigenvalue weighted by Crippen LogP contribution is 2.32. The molecule has 0 saturated carbocycles. The number of anilines is 2. The van der Waals surface area contributed by atoms with Crippen molar-refractivity contribution in [3.8, 4) is 0 Å². The largest absolute Gasteiger partial charge is 0.367 e. The lowest BCUT2D eigenvalue weighted by Gasteiger charge is -2.35. The molecule has 0 radical (unpaired) electrons. The number of rotatable bonds is 7. The van der Waals surface area contributed by atoms with Gasteiger partial charge < -0.3 is 10.2 Å². The lowest BCUT2D eigenvalue weighted by Crippen LogP contribution is -2.44. The van der Waals surface area contributed by atoms with Crippen molar-refractivity contribution in [3.63, 3.8) is 0 Å². The van der Waals surface area contributed by atoms with Gasteiger partial charge in [0.2, 0.25) is 10.0 Å². The molecule has 1 aliphatic heterocycles. The Labute approximate surface area is 140 Å². The van der Waals surface area contributed by atoms with Crippen LogP contribution in [0.15, 0.2) is 24.3 Å². The van der Waals surface area contributed by atoms with E-state index >= 15 is 0 Å². The number of hydrogen-bond acceptors (Lipinski definition) is 4. The summed E-state index contributed by atoms with van der Waals surface area (Å²) in [4.78, 5) is 2.27. The van der Waals surface area contributed by atoms with Crippen molar-refractivity contribution < 1.29 is 8.42 Å². The van der Waals surface area contributed by atoms with Crippen LogP contribution in [0.25, 0.3) is 0 Å². The minimum atomic E-state index is -3.30.